The fourth-order valence-electron chi connectivity index (χ4n) is 5.27. The van der Waals surface area contributed by atoms with Gasteiger partial charge in [0.15, 0.2) is 11.4 Å². The minimum Gasteiger partial charge on any atom is -0.481 e. The molecule has 3 atom stereocenters. The number of hydrogen-bond donors (Lipinski definition) is 3. The summed E-state index contributed by atoms with van der Waals surface area (Å²) in [5.41, 5.74) is 5.65. The summed E-state index contributed by atoms with van der Waals surface area (Å²) < 4.78 is 14.6. The Morgan fingerprint density at radius 3 is 2.33 bits per heavy atom. The van der Waals surface area contributed by atoms with E-state index in [4.69, 9.17) is 37.8 Å². The average Bonchev–Trinajstić information content (AvgIpc) is 3.38. The van der Waals surface area contributed by atoms with Crippen molar-refractivity contribution in [1.29, 1.82) is 0 Å². The molecule has 1 fully saturated rings. The standard InChI is InChI=1S/C34H35Cl2N3O6/c35-32-33(36)39(21-38-32)19-28-17-29(25-10-8-22(20-40)9-11-25)45-34(44-28)26-14-12-24(13-15-26)27-5-3-4-23(16-27)18-37-30(41)6-1-2-7-31(42)43/h3-5,8-16,21,28-29,34,40H,1-2,6-7,17-20H2,(H,37,41)(H,42,43)/t28-,29+,34+/m0/s1. The van der Waals surface area contributed by atoms with Crippen molar-refractivity contribution in [1.82, 2.24) is 14.9 Å². The van der Waals surface area contributed by atoms with Crippen LogP contribution in [0.1, 0.15) is 66.8 Å². The Kier molecular flexibility index (Phi) is 11.3. The number of nitrogens with zero attached hydrogens (tertiary/aromatic N) is 2. The fourth-order valence-corrected chi connectivity index (χ4v) is 5.58. The molecule has 0 bridgehead atoms. The third kappa shape index (κ3) is 8.93. The van der Waals surface area contributed by atoms with Gasteiger partial charge in [0.05, 0.1) is 31.7 Å². The van der Waals surface area contributed by atoms with E-state index in [-0.39, 0.29) is 36.3 Å². The number of aliphatic hydroxyl groups is 1. The lowest BCUT2D eigenvalue weighted by atomic mass is 9.99. The molecule has 0 unspecified atom stereocenters. The topological polar surface area (TPSA) is 123 Å². The first kappa shape index (κ1) is 32.7. The van der Waals surface area contributed by atoms with E-state index in [1.807, 2.05) is 72.8 Å². The van der Waals surface area contributed by atoms with E-state index < -0.39 is 12.3 Å². The number of amides is 1. The van der Waals surface area contributed by atoms with Crippen LogP contribution in [0.3, 0.4) is 0 Å². The molecule has 0 spiro atoms. The van der Waals surface area contributed by atoms with Gasteiger partial charge in [0, 0.05) is 31.4 Å². The minimum atomic E-state index is -0.848. The van der Waals surface area contributed by atoms with Crippen molar-refractivity contribution >= 4 is 35.1 Å². The van der Waals surface area contributed by atoms with E-state index in [1.165, 1.54) is 0 Å². The number of imidazole rings is 1. The molecule has 1 saturated heterocycles. The molecule has 0 aliphatic carbocycles. The molecule has 0 radical (unpaired) electrons. The lowest BCUT2D eigenvalue weighted by molar-refractivity contribution is -0.252. The Hall–Kier alpha value is -3.73. The van der Waals surface area contributed by atoms with Gasteiger partial charge in [-0.1, -0.05) is 89.9 Å². The third-order valence-electron chi connectivity index (χ3n) is 7.73. The van der Waals surface area contributed by atoms with Crippen molar-refractivity contribution < 1.29 is 29.3 Å². The maximum Gasteiger partial charge on any atom is 0.303 e. The van der Waals surface area contributed by atoms with E-state index in [9.17, 15) is 14.7 Å². The molecule has 4 aromatic rings. The summed E-state index contributed by atoms with van der Waals surface area (Å²) in [5.74, 6) is -0.943. The first-order chi connectivity index (χ1) is 21.8. The number of unbranched alkanes of at least 4 members (excludes halogenated alkanes) is 1. The number of aliphatic hydroxyl groups excluding tert-OH is 1. The Labute approximate surface area is 271 Å². The molecule has 1 aliphatic heterocycles. The number of carboxylic acid groups (broad SMARTS) is 1. The number of rotatable bonds is 13. The summed E-state index contributed by atoms with van der Waals surface area (Å²) in [6.45, 7) is 0.815. The number of hydrogen-bond acceptors (Lipinski definition) is 6. The van der Waals surface area contributed by atoms with Crippen LogP contribution in [0.25, 0.3) is 11.1 Å². The van der Waals surface area contributed by atoms with Crippen LogP contribution in [0, 0.1) is 0 Å². The van der Waals surface area contributed by atoms with E-state index in [0.29, 0.717) is 43.9 Å². The lowest BCUT2D eigenvalue weighted by Crippen LogP contribution is -2.32. The molecule has 5 rings (SSSR count). The second kappa shape index (κ2) is 15.5. The van der Waals surface area contributed by atoms with Gasteiger partial charge in [-0.15, -0.1) is 0 Å². The third-order valence-corrected chi connectivity index (χ3v) is 8.49. The van der Waals surface area contributed by atoms with Gasteiger partial charge in [0.25, 0.3) is 0 Å². The zero-order valence-corrected chi connectivity index (χ0v) is 26.1. The van der Waals surface area contributed by atoms with Crippen LogP contribution in [0.4, 0.5) is 0 Å². The zero-order valence-electron chi connectivity index (χ0n) is 24.6. The molecule has 9 nitrogen and oxygen atoms in total. The molecule has 3 N–H and O–H groups in total. The fraction of sp³-hybridized carbons (Fsp3) is 0.324. The monoisotopic (exact) mass is 651 g/mol. The highest BCUT2D eigenvalue weighted by Crippen LogP contribution is 2.39. The van der Waals surface area contributed by atoms with Gasteiger partial charge in [0.2, 0.25) is 5.91 Å². The molecule has 2 heterocycles. The minimum absolute atomic E-state index is 0.0277. The van der Waals surface area contributed by atoms with Crippen LogP contribution in [0.15, 0.2) is 79.1 Å². The molecule has 45 heavy (non-hydrogen) atoms. The molecule has 1 amide bonds. The van der Waals surface area contributed by atoms with Crippen molar-refractivity contribution in [2.24, 2.45) is 0 Å². The second-order valence-electron chi connectivity index (χ2n) is 11.0. The van der Waals surface area contributed by atoms with Crippen molar-refractivity contribution in [2.75, 3.05) is 0 Å². The van der Waals surface area contributed by atoms with Crippen molar-refractivity contribution in [3.8, 4) is 11.1 Å². The number of ether oxygens (including phenoxy) is 2. The maximum absolute atomic E-state index is 12.2. The van der Waals surface area contributed by atoms with Crippen LogP contribution >= 0.6 is 23.2 Å². The smallest absolute Gasteiger partial charge is 0.303 e. The van der Waals surface area contributed by atoms with E-state index >= 15 is 0 Å². The van der Waals surface area contributed by atoms with Gasteiger partial charge in [-0.3, -0.25) is 9.59 Å². The van der Waals surface area contributed by atoms with E-state index in [2.05, 4.69) is 10.3 Å². The second-order valence-corrected chi connectivity index (χ2v) is 11.7. The van der Waals surface area contributed by atoms with E-state index in [0.717, 1.165) is 33.4 Å². The number of aromatic nitrogens is 2. The van der Waals surface area contributed by atoms with Gasteiger partial charge in [0.1, 0.15) is 5.15 Å². The first-order valence-electron chi connectivity index (χ1n) is 14.8. The van der Waals surface area contributed by atoms with Crippen LogP contribution in [-0.2, 0) is 38.8 Å². The Morgan fingerprint density at radius 2 is 1.64 bits per heavy atom. The van der Waals surface area contributed by atoms with Crippen molar-refractivity contribution in [3.63, 3.8) is 0 Å². The highest BCUT2D eigenvalue weighted by Gasteiger charge is 2.33. The summed E-state index contributed by atoms with van der Waals surface area (Å²) in [6.07, 6.45) is 2.48. The first-order valence-corrected chi connectivity index (χ1v) is 15.6. The molecule has 1 aromatic heterocycles. The predicted molar refractivity (Wildman–Crippen MR) is 170 cm³/mol. The van der Waals surface area contributed by atoms with Gasteiger partial charge in [-0.05, 0) is 46.7 Å². The molecule has 0 saturated carbocycles. The van der Waals surface area contributed by atoms with Gasteiger partial charge in [-0.2, -0.15) is 0 Å². The van der Waals surface area contributed by atoms with Crippen LogP contribution in [-0.4, -0.2) is 37.7 Å². The number of benzene rings is 3. The van der Waals surface area contributed by atoms with Crippen molar-refractivity contribution in [2.45, 2.75) is 70.3 Å². The number of carbonyl (C=O) groups is 2. The summed E-state index contributed by atoms with van der Waals surface area (Å²) in [6, 6.07) is 23.7. The van der Waals surface area contributed by atoms with Crippen LogP contribution in [0.5, 0.6) is 0 Å². The van der Waals surface area contributed by atoms with Gasteiger partial charge >= 0.3 is 5.97 Å². The molecule has 11 heteroatoms. The largest absolute Gasteiger partial charge is 0.481 e. The maximum atomic E-state index is 12.2. The SMILES string of the molecule is O=C(O)CCCCC(=O)NCc1cccc(-c2ccc([C@@H]3O[C@H](Cn4cnc(Cl)c4Cl)C[C@H](c4ccc(CO)cc4)O3)cc2)c1. The quantitative estimate of drug-likeness (QED) is 0.135. The van der Waals surface area contributed by atoms with Crippen LogP contribution in [0.2, 0.25) is 10.3 Å². The molecule has 236 valence electrons. The normalized spacial score (nSPS) is 18.1. The number of aliphatic carboxylic acids is 1. The number of carbonyl (C=O) groups excluding carboxylic acids is 1. The Bertz CT molecular complexity index is 1590. The van der Waals surface area contributed by atoms with Gasteiger partial charge in [-0.25, -0.2) is 4.98 Å². The van der Waals surface area contributed by atoms with E-state index in [1.54, 1.807) is 10.9 Å². The summed E-state index contributed by atoms with van der Waals surface area (Å²) in [7, 11) is 0. The summed E-state index contributed by atoms with van der Waals surface area (Å²) in [5, 5.41) is 21.7. The Balaban J connectivity index is 1.26. The number of halogens is 2. The average molecular weight is 653 g/mol. The zero-order chi connectivity index (χ0) is 31.8. The number of carboxylic acids is 1. The molecule has 3 aromatic carbocycles. The lowest BCUT2D eigenvalue weighted by Gasteiger charge is -2.36. The highest BCUT2D eigenvalue weighted by molar-refractivity contribution is 6.40. The predicted octanol–water partition coefficient (Wildman–Crippen LogP) is 6.86. The highest BCUT2D eigenvalue weighted by atomic mass is 35.5. The Morgan fingerprint density at radius 1 is 0.911 bits per heavy atom. The molecular formula is C34H35Cl2N3O6. The summed E-state index contributed by atoms with van der Waals surface area (Å²) >= 11 is 12.4. The molecular weight excluding hydrogens is 617 g/mol. The molecule has 1 aliphatic rings. The summed E-state index contributed by atoms with van der Waals surface area (Å²) in [4.78, 5) is 26.9. The van der Waals surface area contributed by atoms with Crippen LogP contribution < -0.4 is 5.32 Å². The number of nitrogens with one attached hydrogen (secondary N) is 1. The van der Waals surface area contributed by atoms with Crippen molar-refractivity contribution in [3.05, 3.63) is 112 Å². The van der Waals surface area contributed by atoms with Gasteiger partial charge < -0.3 is 29.6 Å².